The molecule has 1 aliphatic carbocycles. The third-order valence-corrected chi connectivity index (χ3v) is 4.01. The zero-order chi connectivity index (χ0) is 12.5. The van der Waals surface area contributed by atoms with Gasteiger partial charge in [0.15, 0.2) is 0 Å². The summed E-state index contributed by atoms with van der Waals surface area (Å²) in [5, 5.41) is 0. The van der Waals surface area contributed by atoms with Crippen molar-refractivity contribution in [3.05, 3.63) is 0 Å². The lowest BCUT2D eigenvalue weighted by Crippen LogP contribution is -2.58. The van der Waals surface area contributed by atoms with Crippen LogP contribution in [-0.4, -0.2) is 34.8 Å². The molecule has 0 aromatic heterocycles. The Morgan fingerprint density at radius 3 is 2.35 bits per heavy atom. The van der Waals surface area contributed by atoms with Gasteiger partial charge in [-0.05, 0) is 25.7 Å². The van der Waals surface area contributed by atoms with E-state index in [0.29, 0.717) is 13.0 Å². The molecule has 0 radical (unpaired) electrons. The standard InChI is InChI=1S/C12H21N3O2/c13-10(16)9-5-4-8-15(9)11(17)12(14)6-2-1-3-7-12/h9H,1-8,14H2,(H2,13,16). The second kappa shape index (κ2) is 4.64. The second-order valence-corrected chi connectivity index (χ2v) is 5.28. The van der Waals surface area contributed by atoms with Crippen LogP contribution in [0.1, 0.15) is 44.9 Å². The van der Waals surface area contributed by atoms with E-state index in [0.717, 1.165) is 38.5 Å². The van der Waals surface area contributed by atoms with Gasteiger partial charge in [-0.25, -0.2) is 0 Å². The van der Waals surface area contributed by atoms with Gasteiger partial charge in [-0.15, -0.1) is 0 Å². The van der Waals surface area contributed by atoms with Crippen molar-refractivity contribution in [1.82, 2.24) is 4.90 Å². The number of nitrogens with zero attached hydrogens (tertiary/aromatic N) is 1. The third-order valence-electron chi connectivity index (χ3n) is 4.01. The second-order valence-electron chi connectivity index (χ2n) is 5.28. The molecule has 1 unspecified atom stereocenters. The van der Waals surface area contributed by atoms with Gasteiger partial charge in [-0.2, -0.15) is 0 Å². The average Bonchev–Trinajstić information content (AvgIpc) is 2.77. The molecule has 17 heavy (non-hydrogen) atoms. The summed E-state index contributed by atoms with van der Waals surface area (Å²) in [5.74, 6) is -0.478. The van der Waals surface area contributed by atoms with Crippen LogP contribution in [0.4, 0.5) is 0 Å². The van der Waals surface area contributed by atoms with E-state index < -0.39 is 17.5 Å². The van der Waals surface area contributed by atoms with Crippen molar-refractivity contribution < 1.29 is 9.59 Å². The normalized spacial score (nSPS) is 28.1. The van der Waals surface area contributed by atoms with E-state index in [4.69, 9.17) is 11.5 Å². The van der Waals surface area contributed by atoms with Crippen molar-refractivity contribution >= 4 is 11.8 Å². The molecule has 1 aliphatic heterocycles. The van der Waals surface area contributed by atoms with Gasteiger partial charge in [0.05, 0.1) is 5.54 Å². The van der Waals surface area contributed by atoms with Gasteiger partial charge in [0.1, 0.15) is 6.04 Å². The van der Waals surface area contributed by atoms with Gasteiger partial charge in [0, 0.05) is 6.54 Å². The fourth-order valence-corrected chi connectivity index (χ4v) is 2.99. The van der Waals surface area contributed by atoms with E-state index in [1.165, 1.54) is 0 Å². The fraction of sp³-hybridized carbons (Fsp3) is 0.833. The van der Waals surface area contributed by atoms with Crippen molar-refractivity contribution in [2.45, 2.75) is 56.5 Å². The first-order valence-electron chi connectivity index (χ1n) is 6.44. The maximum atomic E-state index is 12.4. The highest BCUT2D eigenvalue weighted by Crippen LogP contribution is 2.30. The molecule has 5 nitrogen and oxygen atoms in total. The lowest BCUT2D eigenvalue weighted by atomic mass is 9.81. The van der Waals surface area contributed by atoms with Gasteiger partial charge in [-0.3, -0.25) is 9.59 Å². The predicted octanol–water partition coefficient (Wildman–Crippen LogP) is 0.124. The van der Waals surface area contributed by atoms with Crippen LogP contribution in [0.5, 0.6) is 0 Å². The van der Waals surface area contributed by atoms with E-state index >= 15 is 0 Å². The zero-order valence-corrected chi connectivity index (χ0v) is 10.2. The highest BCUT2D eigenvalue weighted by Gasteiger charge is 2.43. The number of carbonyl (C=O) groups is 2. The van der Waals surface area contributed by atoms with Crippen LogP contribution in [-0.2, 0) is 9.59 Å². The molecule has 1 atom stereocenters. The number of rotatable bonds is 2. The minimum absolute atomic E-state index is 0.0708. The number of carbonyl (C=O) groups excluding carboxylic acids is 2. The molecule has 0 bridgehead atoms. The van der Waals surface area contributed by atoms with Crippen LogP contribution in [0, 0.1) is 0 Å². The number of likely N-dealkylation sites (tertiary alicyclic amines) is 1. The largest absolute Gasteiger partial charge is 0.368 e. The monoisotopic (exact) mass is 239 g/mol. The minimum atomic E-state index is -0.754. The van der Waals surface area contributed by atoms with E-state index in [9.17, 15) is 9.59 Å². The number of amides is 2. The Morgan fingerprint density at radius 1 is 1.12 bits per heavy atom. The summed E-state index contributed by atoms with van der Waals surface area (Å²) in [4.78, 5) is 25.3. The fourth-order valence-electron chi connectivity index (χ4n) is 2.99. The van der Waals surface area contributed by atoms with Gasteiger partial charge in [-0.1, -0.05) is 19.3 Å². The summed E-state index contributed by atoms with van der Waals surface area (Å²) in [5.41, 5.74) is 10.8. The van der Waals surface area contributed by atoms with E-state index in [1.54, 1.807) is 4.90 Å². The van der Waals surface area contributed by atoms with Gasteiger partial charge in [0.2, 0.25) is 11.8 Å². The van der Waals surface area contributed by atoms with Crippen molar-refractivity contribution in [3.63, 3.8) is 0 Å². The number of hydrogen-bond acceptors (Lipinski definition) is 3. The van der Waals surface area contributed by atoms with Gasteiger partial charge < -0.3 is 16.4 Å². The highest BCUT2D eigenvalue weighted by atomic mass is 16.2. The number of nitrogens with two attached hydrogens (primary N) is 2. The summed E-state index contributed by atoms with van der Waals surface area (Å²) < 4.78 is 0. The summed E-state index contributed by atoms with van der Waals surface area (Å²) in [7, 11) is 0. The van der Waals surface area contributed by atoms with Crippen molar-refractivity contribution in [2.24, 2.45) is 11.5 Å². The molecule has 96 valence electrons. The quantitative estimate of drug-likeness (QED) is 0.717. The van der Waals surface area contributed by atoms with E-state index in [1.807, 2.05) is 0 Å². The topological polar surface area (TPSA) is 89.4 Å². The molecule has 2 aliphatic rings. The van der Waals surface area contributed by atoms with Crippen molar-refractivity contribution in [1.29, 1.82) is 0 Å². The van der Waals surface area contributed by atoms with E-state index in [-0.39, 0.29) is 5.91 Å². The molecule has 0 spiro atoms. The first-order valence-corrected chi connectivity index (χ1v) is 6.44. The van der Waals surface area contributed by atoms with Crippen LogP contribution in [0.3, 0.4) is 0 Å². The Bertz CT molecular complexity index is 324. The summed E-state index contributed by atoms with van der Waals surface area (Å²) >= 11 is 0. The molecule has 1 heterocycles. The Balaban J connectivity index is 2.10. The molecule has 0 aromatic rings. The van der Waals surface area contributed by atoms with E-state index in [2.05, 4.69) is 0 Å². The Hall–Kier alpha value is -1.10. The molecular weight excluding hydrogens is 218 g/mol. The molecule has 2 amide bonds. The Labute approximate surface area is 102 Å². The lowest BCUT2D eigenvalue weighted by Gasteiger charge is -2.36. The minimum Gasteiger partial charge on any atom is -0.368 e. The lowest BCUT2D eigenvalue weighted by molar-refractivity contribution is -0.142. The smallest absolute Gasteiger partial charge is 0.243 e. The molecule has 1 saturated carbocycles. The molecule has 5 heteroatoms. The first kappa shape index (κ1) is 12.4. The molecule has 2 fully saturated rings. The molecular formula is C12H21N3O2. The Kier molecular flexibility index (Phi) is 3.38. The summed E-state index contributed by atoms with van der Waals surface area (Å²) in [6.45, 7) is 0.616. The highest BCUT2D eigenvalue weighted by molar-refractivity contribution is 5.92. The molecule has 2 rings (SSSR count). The third kappa shape index (κ3) is 2.29. The summed E-state index contributed by atoms with van der Waals surface area (Å²) in [6, 6.07) is -0.440. The van der Waals surface area contributed by atoms with Crippen LogP contribution in [0.2, 0.25) is 0 Å². The average molecular weight is 239 g/mol. The van der Waals surface area contributed by atoms with Crippen LogP contribution in [0.25, 0.3) is 0 Å². The van der Waals surface area contributed by atoms with Gasteiger partial charge in [0.25, 0.3) is 0 Å². The van der Waals surface area contributed by atoms with Crippen LogP contribution < -0.4 is 11.5 Å². The van der Waals surface area contributed by atoms with Crippen molar-refractivity contribution in [2.75, 3.05) is 6.54 Å². The number of hydrogen-bond donors (Lipinski definition) is 2. The molecule has 4 N–H and O–H groups in total. The molecule has 1 saturated heterocycles. The summed E-state index contributed by atoms with van der Waals surface area (Å²) in [6.07, 6.45) is 6.12. The van der Waals surface area contributed by atoms with Crippen LogP contribution in [0.15, 0.2) is 0 Å². The number of primary amides is 1. The van der Waals surface area contributed by atoms with Crippen molar-refractivity contribution in [3.8, 4) is 0 Å². The van der Waals surface area contributed by atoms with Gasteiger partial charge >= 0.3 is 0 Å². The SMILES string of the molecule is NC(=O)C1CCCN1C(=O)C1(N)CCCCC1. The first-order chi connectivity index (χ1) is 8.04. The molecule has 0 aromatic carbocycles. The zero-order valence-electron chi connectivity index (χ0n) is 10.2. The maximum Gasteiger partial charge on any atom is 0.243 e. The predicted molar refractivity (Wildman–Crippen MR) is 63.9 cm³/mol. The Morgan fingerprint density at radius 2 is 1.76 bits per heavy atom. The van der Waals surface area contributed by atoms with Crippen LogP contribution >= 0.6 is 0 Å². The maximum absolute atomic E-state index is 12.4.